The predicted octanol–water partition coefficient (Wildman–Crippen LogP) is 2.39. The largest absolute Gasteiger partial charge is 0.381 e. The third-order valence-corrected chi connectivity index (χ3v) is 4.82. The average Bonchev–Trinajstić information content (AvgIpc) is 3.22. The molecule has 0 atom stereocenters. The molecule has 1 fully saturated rings. The number of nitrogens with zero attached hydrogens (tertiary/aromatic N) is 4. The highest BCUT2D eigenvalue weighted by atomic mass is 16.5. The van der Waals surface area contributed by atoms with E-state index in [9.17, 15) is 4.79 Å². The topological polar surface area (TPSA) is 77.2 Å². The zero-order valence-electron chi connectivity index (χ0n) is 13.6. The van der Waals surface area contributed by atoms with Gasteiger partial charge >= 0.3 is 5.69 Å². The van der Waals surface area contributed by atoms with Crippen LogP contribution in [0.2, 0.25) is 0 Å². The van der Waals surface area contributed by atoms with E-state index in [4.69, 9.17) is 9.72 Å². The van der Waals surface area contributed by atoms with Gasteiger partial charge in [-0.15, -0.1) is 0 Å². The Balaban J connectivity index is 1.69. The average molecular weight is 335 g/mol. The second-order valence-electron chi connectivity index (χ2n) is 6.30. The fourth-order valence-corrected chi connectivity index (χ4v) is 3.57. The van der Waals surface area contributed by atoms with Crippen LogP contribution in [0.15, 0.2) is 47.5 Å². The van der Waals surface area contributed by atoms with Crippen molar-refractivity contribution in [3.63, 3.8) is 0 Å². The smallest absolute Gasteiger partial charge is 0.327 e. The molecule has 126 valence electrons. The molecule has 7 heteroatoms. The highest BCUT2D eigenvalue weighted by Crippen LogP contribution is 2.27. The van der Waals surface area contributed by atoms with Gasteiger partial charge in [-0.1, -0.05) is 6.07 Å². The Labute approximate surface area is 142 Å². The van der Waals surface area contributed by atoms with Crippen molar-refractivity contribution in [2.24, 2.45) is 0 Å². The molecule has 1 aliphatic heterocycles. The molecule has 7 nitrogen and oxygen atoms in total. The lowest BCUT2D eigenvalue weighted by atomic mass is 10.1. The van der Waals surface area contributed by atoms with Gasteiger partial charge in [-0.05, 0) is 37.1 Å². The zero-order valence-corrected chi connectivity index (χ0v) is 13.6. The monoisotopic (exact) mass is 335 g/mol. The molecular formula is C18H17N5O2. The van der Waals surface area contributed by atoms with Crippen molar-refractivity contribution in [2.75, 3.05) is 13.2 Å². The van der Waals surface area contributed by atoms with Crippen molar-refractivity contribution >= 4 is 16.7 Å². The van der Waals surface area contributed by atoms with E-state index in [0.717, 1.165) is 35.1 Å². The van der Waals surface area contributed by atoms with E-state index in [1.807, 2.05) is 47.2 Å². The van der Waals surface area contributed by atoms with Crippen molar-refractivity contribution in [3.05, 3.63) is 53.2 Å². The lowest BCUT2D eigenvalue weighted by Crippen LogP contribution is -2.27. The predicted molar refractivity (Wildman–Crippen MR) is 93.6 cm³/mol. The van der Waals surface area contributed by atoms with Crippen LogP contribution >= 0.6 is 0 Å². The van der Waals surface area contributed by atoms with Gasteiger partial charge in [0.05, 0.1) is 22.9 Å². The summed E-state index contributed by atoms with van der Waals surface area (Å²) < 4.78 is 9.03. The molecule has 4 aromatic rings. The van der Waals surface area contributed by atoms with E-state index in [1.54, 1.807) is 4.57 Å². The molecule has 0 aromatic carbocycles. The van der Waals surface area contributed by atoms with E-state index >= 15 is 0 Å². The Morgan fingerprint density at radius 3 is 2.92 bits per heavy atom. The number of nitrogens with one attached hydrogen (secondary N) is 1. The quantitative estimate of drug-likeness (QED) is 0.610. The Morgan fingerprint density at radius 1 is 1.16 bits per heavy atom. The maximum Gasteiger partial charge on any atom is 0.327 e. The van der Waals surface area contributed by atoms with Gasteiger partial charge in [0, 0.05) is 31.0 Å². The van der Waals surface area contributed by atoms with Gasteiger partial charge in [0.1, 0.15) is 0 Å². The van der Waals surface area contributed by atoms with Crippen molar-refractivity contribution in [1.29, 1.82) is 0 Å². The van der Waals surface area contributed by atoms with Crippen molar-refractivity contribution in [1.82, 2.24) is 24.1 Å². The molecule has 0 amide bonds. The number of ether oxygens (including phenoxy) is 1. The van der Waals surface area contributed by atoms with Crippen LogP contribution in [-0.4, -0.2) is 37.4 Å². The summed E-state index contributed by atoms with van der Waals surface area (Å²) in [4.78, 5) is 20.2. The first kappa shape index (κ1) is 14.4. The minimum Gasteiger partial charge on any atom is -0.381 e. The second-order valence-corrected chi connectivity index (χ2v) is 6.30. The summed E-state index contributed by atoms with van der Waals surface area (Å²) in [5.74, 6) is 0. The summed E-state index contributed by atoms with van der Waals surface area (Å²) in [6, 6.07) is 9.90. The van der Waals surface area contributed by atoms with Gasteiger partial charge in [0.15, 0.2) is 5.65 Å². The molecule has 1 aliphatic rings. The highest BCUT2D eigenvalue weighted by molar-refractivity contribution is 5.82. The van der Waals surface area contributed by atoms with E-state index < -0.39 is 0 Å². The highest BCUT2D eigenvalue weighted by Gasteiger charge is 2.21. The summed E-state index contributed by atoms with van der Waals surface area (Å²) >= 11 is 0. The third-order valence-electron chi connectivity index (χ3n) is 4.82. The fourth-order valence-electron chi connectivity index (χ4n) is 3.57. The van der Waals surface area contributed by atoms with Gasteiger partial charge in [-0.3, -0.25) is 4.57 Å². The van der Waals surface area contributed by atoms with Gasteiger partial charge < -0.3 is 9.72 Å². The third kappa shape index (κ3) is 2.27. The molecule has 25 heavy (non-hydrogen) atoms. The van der Waals surface area contributed by atoms with Crippen molar-refractivity contribution < 1.29 is 4.74 Å². The molecule has 4 aromatic heterocycles. The summed E-state index contributed by atoms with van der Waals surface area (Å²) in [6.07, 6.45) is 5.38. The zero-order chi connectivity index (χ0) is 16.8. The van der Waals surface area contributed by atoms with E-state index in [1.165, 1.54) is 0 Å². The maximum absolute atomic E-state index is 12.5. The molecule has 1 saturated heterocycles. The second kappa shape index (κ2) is 5.56. The first-order valence-electron chi connectivity index (χ1n) is 8.43. The fraction of sp³-hybridized carbons (Fsp3) is 0.278. The minimum atomic E-state index is -0.105. The number of hydrogen-bond donors (Lipinski definition) is 1. The molecule has 0 saturated carbocycles. The lowest BCUT2D eigenvalue weighted by molar-refractivity contribution is 0.0697. The first-order chi connectivity index (χ1) is 12.3. The molecule has 0 unspecified atom stereocenters. The number of aromatic amines is 1. The number of H-pyrrole nitrogens is 1. The van der Waals surface area contributed by atoms with Crippen LogP contribution in [0.4, 0.5) is 0 Å². The molecule has 1 N–H and O–H groups in total. The van der Waals surface area contributed by atoms with Gasteiger partial charge in [0.2, 0.25) is 0 Å². The van der Waals surface area contributed by atoms with Crippen LogP contribution in [-0.2, 0) is 4.74 Å². The standard InChI is InChI=1S/C18H17N5O2/c24-18-21-15-5-4-14(13-11-19-22-8-2-1-3-16(13)22)20-17(15)23(18)12-6-9-25-10-7-12/h1-5,8,11-12H,6-7,9-10H2,(H,21,24). The Morgan fingerprint density at radius 2 is 2.04 bits per heavy atom. The molecule has 0 spiro atoms. The summed E-state index contributed by atoms with van der Waals surface area (Å²) in [5, 5.41) is 4.38. The molecule has 5 rings (SSSR count). The van der Waals surface area contributed by atoms with Crippen LogP contribution in [0.5, 0.6) is 0 Å². The SMILES string of the molecule is O=c1[nH]c2ccc(-c3cnn4ccccc34)nc2n1C1CCOCC1. The number of hydrogen-bond acceptors (Lipinski definition) is 4. The van der Waals surface area contributed by atoms with E-state index in [0.29, 0.717) is 18.9 Å². The van der Waals surface area contributed by atoms with Gasteiger partial charge in [0.25, 0.3) is 0 Å². The maximum atomic E-state index is 12.5. The Kier molecular flexibility index (Phi) is 3.21. The van der Waals surface area contributed by atoms with Crippen molar-refractivity contribution in [2.45, 2.75) is 18.9 Å². The van der Waals surface area contributed by atoms with Crippen LogP contribution < -0.4 is 5.69 Å². The van der Waals surface area contributed by atoms with Crippen LogP contribution in [0.3, 0.4) is 0 Å². The molecule has 0 aliphatic carbocycles. The van der Waals surface area contributed by atoms with Crippen LogP contribution in [0, 0.1) is 0 Å². The summed E-state index contributed by atoms with van der Waals surface area (Å²) in [6.45, 7) is 1.36. The van der Waals surface area contributed by atoms with E-state index in [-0.39, 0.29) is 11.7 Å². The minimum absolute atomic E-state index is 0.105. The molecule has 0 radical (unpaired) electrons. The molecular weight excluding hydrogens is 318 g/mol. The molecule has 5 heterocycles. The van der Waals surface area contributed by atoms with Gasteiger partial charge in [-0.2, -0.15) is 5.10 Å². The lowest BCUT2D eigenvalue weighted by Gasteiger charge is -2.22. The Hall–Kier alpha value is -2.93. The normalized spacial score (nSPS) is 16.0. The van der Waals surface area contributed by atoms with Gasteiger partial charge in [-0.25, -0.2) is 14.3 Å². The number of pyridine rings is 2. The van der Waals surface area contributed by atoms with Crippen LogP contribution in [0.1, 0.15) is 18.9 Å². The number of fused-ring (bicyclic) bond motifs is 2. The molecule has 0 bridgehead atoms. The number of aromatic nitrogens is 5. The summed E-state index contributed by atoms with van der Waals surface area (Å²) in [7, 11) is 0. The van der Waals surface area contributed by atoms with Crippen molar-refractivity contribution in [3.8, 4) is 11.3 Å². The number of rotatable bonds is 2. The first-order valence-corrected chi connectivity index (χ1v) is 8.43. The Bertz CT molecular complexity index is 1120. The van der Waals surface area contributed by atoms with Crippen LogP contribution in [0.25, 0.3) is 27.9 Å². The summed E-state index contributed by atoms with van der Waals surface area (Å²) in [5.41, 5.74) is 4.11. The number of imidazole rings is 1. The van der Waals surface area contributed by atoms with E-state index in [2.05, 4.69) is 10.1 Å².